The van der Waals surface area contributed by atoms with Crippen molar-refractivity contribution in [1.82, 2.24) is 15.0 Å². The Morgan fingerprint density at radius 3 is 2.56 bits per heavy atom. The van der Waals surface area contributed by atoms with E-state index in [0.717, 1.165) is 19.9 Å². The van der Waals surface area contributed by atoms with Crippen LogP contribution in [0.15, 0.2) is 50.5 Å². The first-order chi connectivity index (χ1) is 12.8. The normalized spacial score (nSPS) is 11.5. The van der Waals surface area contributed by atoms with Crippen LogP contribution in [-0.4, -0.2) is 32.4 Å². The lowest BCUT2D eigenvalue weighted by molar-refractivity contribution is 0.0950. The Balaban J connectivity index is 1.51. The summed E-state index contributed by atoms with van der Waals surface area (Å²) in [5, 5.41) is 7.09. The van der Waals surface area contributed by atoms with E-state index in [0.29, 0.717) is 5.69 Å². The Bertz CT molecular complexity index is 1040. The van der Waals surface area contributed by atoms with Crippen molar-refractivity contribution in [2.45, 2.75) is 11.8 Å². The molecule has 0 spiro atoms. The molecule has 0 radical (unpaired) electrons. The Morgan fingerprint density at radius 1 is 1.15 bits per heavy atom. The number of hydrogen-bond donors (Lipinski definition) is 2. The molecule has 3 rings (SSSR count). The van der Waals surface area contributed by atoms with Crippen molar-refractivity contribution in [2.24, 2.45) is 0 Å². The summed E-state index contributed by atoms with van der Waals surface area (Å²) < 4.78 is 27.8. The van der Waals surface area contributed by atoms with Crippen LogP contribution in [0.5, 0.6) is 0 Å². The lowest BCUT2D eigenvalue weighted by atomic mass is 10.2. The van der Waals surface area contributed by atoms with Crippen LogP contribution in [0.4, 0.5) is 0 Å². The first-order valence-electron chi connectivity index (χ1n) is 7.89. The fourth-order valence-electron chi connectivity index (χ4n) is 2.17. The average molecular weight is 486 g/mol. The van der Waals surface area contributed by atoms with Crippen LogP contribution in [-0.2, 0) is 10.0 Å². The standard InChI is InChI=1S/C17H16BrN3O3S3/c1-11-2-4-13(5-3-11)27(23,24)20-7-6-19-16(22)14-10-26-17(21-14)15-8-12(18)9-25-15/h2-5,8-10,20H,6-7H2,1H3,(H,19,22). The zero-order chi connectivity index (χ0) is 19.4. The number of benzene rings is 1. The van der Waals surface area contributed by atoms with Gasteiger partial charge in [0.1, 0.15) is 10.7 Å². The molecule has 0 atom stereocenters. The third kappa shape index (κ3) is 5.23. The number of aryl methyl sites for hydroxylation is 1. The van der Waals surface area contributed by atoms with E-state index in [4.69, 9.17) is 0 Å². The molecule has 6 nitrogen and oxygen atoms in total. The van der Waals surface area contributed by atoms with Gasteiger partial charge >= 0.3 is 0 Å². The molecule has 2 N–H and O–H groups in total. The maximum Gasteiger partial charge on any atom is 0.270 e. The number of carbonyl (C=O) groups excluding carboxylic acids is 1. The van der Waals surface area contributed by atoms with Crippen molar-refractivity contribution < 1.29 is 13.2 Å². The number of thiazole rings is 1. The van der Waals surface area contributed by atoms with E-state index in [1.807, 2.05) is 18.4 Å². The van der Waals surface area contributed by atoms with Gasteiger partial charge in [-0.05, 0) is 41.1 Å². The van der Waals surface area contributed by atoms with Crippen molar-refractivity contribution in [1.29, 1.82) is 0 Å². The molecule has 0 fully saturated rings. The number of nitrogens with zero attached hydrogens (tertiary/aromatic N) is 1. The first kappa shape index (κ1) is 20.2. The second-order valence-corrected chi connectivity index (χ2v) is 10.1. The van der Waals surface area contributed by atoms with E-state index in [9.17, 15) is 13.2 Å². The molecule has 0 unspecified atom stereocenters. The molecule has 2 aromatic heterocycles. The highest BCUT2D eigenvalue weighted by Gasteiger charge is 2.15. The predicted molar refractivity (Wildman–Crippen MR) is 112 cm³/mol. The fourth-order valence-corrected chi connectivity index (χ4v) is 5.51. The molecule has 0 bridgehead atoms. The molecule has 0 aliphatic carbocycles. The quantitative estimate of drug-likeness (QED) is 0.499. The first-order valence-corrected chi connectivity index (χ1v) is 11.9. The highest BCUT2D eigenvalue weighted by molar-refractivity contribution is 9.10. The van der Waals surface area contributed by atoms with Crippen molar-refractivity contribution in [3.63, 3.8) is 0 Å². The fraction of sp³-hybridized carbons (Fsp3) is 0.176. The largest absolute Gasteiger partial charge is 0.349 e. The predicted octanol–water partition coefficient (Wildman–Crippen LogP) is 3.65. The number of hydrogen-bond acceptors (Lipinski definition) is 6. The molecule has 0 aliphatic rings. The van der Waals surface area contributed by atoms with Gasteiger partial charge in [0.05, 0.1) is 9.77 Å². The van der Waals surface area contributed by atoms with Gasteiger partial charge in [0.2, 0.25) is 10.0 Å². The number of carbonyl (C=O) groups is 1. The minimum atomic E-state index is -3.59. The topological polar surface area (TPSA) is 88.2 Å². The van der Waals surface area contributed by atoms with Crippen LogP contribution in [0.25, 0.3) is 9.88 Å². The molecule has 10 heteroatoms. The molecule has 3 aromatic rings. The van der Waals surface area contributed by atoms with Crippen LogP contribution < -0.4 is 10.0 Å². The summed E-state index contributed by atoms with van der Waals surface area (Å²) in [5.74, 6) is -0.331. The summed E-state index contributed by atoms with van der Waals surface area (Å²) in [5.41, 5.74) is 1.31. The number of nitrogens with one attached hydrogen (secondary N) is 2. The maximum absolute atomic E-state index is 12.2. The second kappa shape index (κ2) is 8.61. The van der Waals surface area contributed by atoms with Gasteiger partial charge in [-0.1, -0.05) is 17.7 Å². The molecule has 27 heavy (non-hydrogen) atoms. The molecule has 1 amide bonds. The summed E-state index contributed by atoms with van der Waals surface area (Å²) in [7, 11) is -3.59. The number of rotatable bonds is 7. The van der Waals surface area contributed by atoms with Gasteiger partial charge < -0.3 is 5.32 Å². The monoisotopic (exact) mass is 485 g/mol. The minimum absolute atomic E-state index is 0.0941. The van der Waals surface area contributed by atoms with Gasteiger partial charge in [0, 0.05) is 28.3 Å². The van der Waals surface area contributed by atoms with E-state index in [1.54, 1.807) is 41.0 Å². The highest BCUT2D eigenvalue weighted by atomic mass is 79.9. The summed E-state index contributed by atoms with van der Waals surface area (Å²) in [6.07, 6.45) is 0. The smallest absolute Gasteiger partial charge is 0.270 e. The Hall–Kier alpha value is -1.59. The Morgan fingerprint density at radius 2 is 1.89 bits per heavy atom. The van der Waals surface area contributed by atoms with Crippen LogP contribution >= 0.6 is 38.6 Å². The molecule has 0 aliphatic heterocycles. The van der Waals surface area contributed by atoms with Crippen LogP contribution in [0, 0.1) is 6.92 Å². The van der Waals surface area contributed by atoms with Gasteiger partial charge in [0.15, 0.2) is 0 Å². The van der Waals surface area contributed by atoms with E-state index < -0.39 is 10.0 Å². The lowest BCUT2D eigenvalue weighted by Crippen LogP contribution is -2.34. The molecule has 2 heterocycles. The molecular formula is C17H16BrN3O3S3. The van der Waals surface area contributed by atoms with E-state index >= 15 is 0 Å². The van der Waals surface area contributed by atoms with E-state index in [1.165, 1.54) is 11.3 Å². The highest BCUT2D eigenvalue weighted by Crippen LogP contribution is 2.31. The van der Waals surface area contributed by atoms with Gasteiger partial charge in [-0.25, -0.2) is 18.1 Å². The van der Waals surface area contributed by atoms with Crippen LogP contribution in [0.2, 0.25) is 0 Å². The zero-order valence-electron chi connectivity index (χ0n) is 14.2. The molecule has 0 saturated heterocycles. The lowest BCUT2D eigenvalue weighted by Gasteiger charge is -2.07. The van der Waals surface area contributed by atoms with Crippen molar-refractivity contribution in [3.05, 3.63) is 56.8 Å². The van der Waals surface area contributed by atoms with Gasteiger partial charge in [-0.15, -0.1) is 22.7 Å². The number of amides is 1. The third-order valence-electron chi connectivity index (χ3n) is 3.55. The zero-order valence-corrected chi connectivity index (χ0v) is 18.3. The van der Waals surface area contributed by atoms with E-state index in [-0.39, 0.29) is 23.9 Å². The van der Waals surface area contributed by atoms with Crippen molar-refractivity contribution >= 4 is 54.5 Å². The van der Waals surface area contributed by atoms with Crippen molar-refractivity contribution in [2.75, 3.05) is 13.1 Å². The SMILES string of the molecule is Cc1ccc(S(=O)(=O)NCCNC(=O)c2csc(-c3cc(Br)cs3)n2)cc1. The molecule has 142 valence electrons. The summed E-state index contributed by atoms with van der Waals surface area (Å²) in [4.78, 5) is 17.7. The van der Waals surface area contributed by atoms with Crippen LogP contribution in [0.1, 0.15) is 16.1 Å². The van der Waals surface area contributed by atoms with Gasteiger partial charge in [-0.3, -0.25) is 4.79 Å². The maximum atomic E-state index is 12.2. The van der Waals surface area contributed by atoms with Gasteiger partial charge in [-0.2, -0.15) is 0 Å². The van der Waals surface area contributed by atoms with E-state index in [2.05, 4.69) is 31.0 Å². The molecule has 1 aromatic carbocycles. The third-order valence-corrected chi connectivity index (χ3v) is 7.73. The Labute approximate surface area is 173 Å². The number of aromatic nitrogens is 1. The van der Waals surface area contributed by atoms with Gasteiger partial charge in [0.25, 0.3) is 5.91 Å². The number of thiophene rings is 1. The second-order valence-electron chi connectivity index (χ2n) is 5.63. The molecule has 0 saturated carbocycles. The molecular weight excluding hydrogens is 470 g/mol. The number of halogens is 1. The van der Waals surface area contributed by atoms with Crippen LogP contribution in [0.3, 0.4) is 0 Å². The van der Waals surface area contributed by atoms with Crippen molar-refractivity contribution in [3.8, 4) is 9.88 Å². The summed E-state index contributed by atoms with van der Waals surface area (Å²) in [6, 6.07) is 8.53. The summed E-state index contributed by atoms with van der Waals surface area (Å²) >= 11 is 6.33. The minimum Gasteiger partial charge on any atom is -0.349 e. The number of sulfonamides is 1. The Kier molecular flexibility index (Phi) is 6.43. The average Bonchev–Trinajstić information content (AvgIpc) is 3.28. The summed E-state index contributed by atoms with van der Waals surface area (Å²) in [6.45, 7) is 2.15.